The zero-order valence-electron chi connectivity index (χ0n) is 22.1. The van der Waals surface area contributed by atoms with Crippen molar-refractivity contribution in [1.29, 1.82) is 0 Å². The van der Waals surface area contributed by atoms with Gasteiger partial charge in [-0.05, 0) is 19.3 Å². The van der Waals surface area contributed by atoms with Crippen molar-refractivity contribution < 1.29 is 17.2 Å². The predicted octanol–water partition coefficient (Wildman–Crippen LogP) is 9.60. The van der Waals surface area contributed by atoms with Crippen LogP contribution in [0.5, 0.6) is 0 Å². The molecule has 1 atom stereocenters. The quantitative estimate of drug-likeness (QED) is 0.0747. The molecule has 1 unspecified atom stereocenters. The zero-order chi connectivity index (χ0) is 24.5. The lowest BCUT2D eigenvalue weighted by Crippen LogP contribution is -2.12. The van der Waals surface area contributed by atoms with E-state index in [1.165, 1.54) is 122 Å². The zero-order valence-corrected chi connectivity index (χ0v) is 22.9. The van der Waals surface area contributed by atoms with Crippen molar-refractivity contribution in [3.05, 3.63) is 12.2 Å². The van der Waals surface area contributed by atoms with Crippen LogP contribution in [-0.2, 0) is 14.6 Å². The highest BCUT2D eigenvalue weighted by molar-refractivity contribution is 7.80. The van der Waals surface area contributed by atoms with E-state index in [2.05, 4.69) is 30.2 Å². The van der Waals surface area contributed by atoms with Gasteiger partial charge < -0.3 is 0 Å². The van der Waals surface area contributed by atoms with Crippen LogP contribution in [0, 0.1) is 5.92 Å². The van der Waals surface area contributed by atoms with Crippen molar-refractivity contribution in [3.8, 4) is 0 Å². The Morgan fingerprint density at radius 2 is 1.03 bits per heavy atom. The van der Waals surface area contributed by atoms with Crippen molar-refractivity contribution in [2.45, 2.75) is 155 Å². The van der Waals surface area contributed by atoms with E-state index in [0.29, 0.717) is 0 Å². The number of hydrogen-bond acceptors (Lipinski definition) is 3. The van der Waals surface area contributed by atoms with Crippen LogP contribution in [0.4, 0.5) is 0 Å². The van der Waals surface area contributed by atoms with Crippen molar-refractivity contribution in [2.24, 2.45) is 5.92 Å². The van der Waals surface area contributed by atoms with Gasteiger partial charge in [-0.15, -0.1) is 0 Å². The Morgan fingerprint density at radius 3 is 1.45 bits per heavy atom. The molecule has 4 nitrogen and oxygen atoms in total. The molecule has 0 heterocycles. The summed E-state index contributed by atoms with van der Waals surface area (Å²) in [6, 6.07) is 0. The standard InChI is InChI=1S/C28H56O4S/c1-3-5-7-9-11-12-13-14-15-16-17-18-19-20-22-24-26-28(27-32-33(29,30)31)25-23-21-10-8-6-4-2/h24,26,28H,3-23,25,27H2,1-2H3,(H,29,30,31)/b26-24+. The van der Waals surface area contributed by atoms with Gasteiger partial charge in [0.25, 0.3) is 0 Å². The molecule has 0 radical (unpaired) electrons. The summed E-state index contributed by atoms with van der Waals surface area (Å²) < 4.78 is 35.3. The van der Waals surface area contributed by atoms with Gasteiger partial charge in [-0.2, -0.15) is 8.42 Å². The molecule has 198 valence electrons. The van der Waals surface area contributed by atoms with Crippen molar-refractivity contribution >= 4 is 10.4 Å². The fourth-order valence-electron chi connectivity index (χ4n) is 4.34. The number of unbranched alkanes of at least 4 members (excludes halogenated alkanes) is 19. The third-order valence-corrected chi connectivity index (χ3v) is 6.93. The fourth-order valence-corrected chi connectivity index (χ4v) is 4.69. The first-order chi connectivity index (χ1) is 16.0. The van der Waals surface area contributed by atoms with Crippen LogP contribution in [0.15, 0.2) is 12.2 Å². The SMILES string of the molecule is CCCCCCCCCCCCCCCC/C=C/C(CCCCCCCC)COS(=O)(=O)O. The summed E-state index contributed by atoms with van der Waals surface area (Å²) in [7, 11) is -4.36. The molecule has 0 saturated heterocycles. The maximum atomic E-state index is 10.9. The number of allylic oxidation sites excluding steroid dienone is 1. The lowest BCUT2D eigenvalue weighted by Gasteiger charge is -2.12. The Kier molecular flexibility index (Phi) is 24.4. The van der Waals surface area contributed by atoms with Crippen LogP contribution in [0.3, 0.4) is 0 Å². The first kappa shape index (κ1) is 32.6. The minimum absolute atomic E-state index is 0.0447. The topological polar surface area (TPSA) is 63.6 Å². The van der Waals surface area contributed by atoms with E-state index in [9.17, 15) is 8.42 Å². The molecule has 0 spiro atoms. The van der Waals surface area contributed by atoms with Crippen LogP contribution in [-0.4, -0.2) is 19.6 Å². The molecule has 0 bridgehead atoms. The van der Waals surface area contributed by atoms with Crippen LogP contribution < -0.4 is 0 Å². The summed E-state index contributed by atoms with van der Waals surface area (Å²) in [6.07, 6.45) is 32.7. The minimum atomic E-state index is -4.36. The van der Waals surface area contributed by atoms with Crippen LogP contribution in [0.1, 0.15) is 155 Å². The molecule has 33 heavy (non-hydrogen) atoms. The number of rotatable bonds is 26. The highest BCUT2D eigenvalue weighted by Gasteiger charge is 2.11. The second kappa shape index (κ2) is 24.7. The van der Waals surface area contributed by atoms with Gasteiger partial charge in [0.1, 0.15) is 0 Å². The van der Waals surface area contributed by atoms with Gasteiger partial charge in [0.2, 0.25) is 0 Å². The van der Waals surface area contributed by atoms with E-state index in [1.54, 1.807) is 0 Å². The average Bonchev–Trinajstić information content (AvgIpc) is 2.78. The summed E-state index contributed by atoms with van der Waals surface area (Å²) in [6.45, 7) is 4.53. The van der Waals surface area contributed by atoms with Crippen molar-refractivity contribution in [2.75, 3.05) is 6.61 Å². The van der Waals surface area contributed by atoms with Gasteiger partial charge in [-0.25, -0.2) is 4.18 Å². The molecule has 0 aliphatic rings. The van der Waals surface area contributed by atoms with E-state index in [4.69, 9.17) is 4.55 Å². The Balaban J connectivity index is 3.72. The Hall–Kier alpha value is -0.390. The van der Waals surface area contributed by atoms with Crippen LogP contribution in [0.25, 0.3) is 0 Å². The maximum absolute atomic E-state index is 10.9. The Morgan fingerprint density at radius 1 is 0.636 bits per heavy atom. The third kappa shape index (κ3) is 27.7. The van der Waals surface area contributed by atoms with Gasteiger partial charge in [0, 0.05) is 5.92 Å². The van der Waals surface area contributed by atoms with Crippen molar-refractivity contribution in [1.82, 2.24) is 0 Å². The van der Waals surface area contributed by atoms with E-state index >= 15 is 0 Å². The molecule has 0 aromatic rings. The van der Waals surface area contributed by atoms with Gasteiger partial charge in [0.15, 0.2) is 0 Å². The van der Waals surface area contributed by atoms with Gasteiger partial charge in [-0.1, -0.05) is 148 Å². The van der Waals surface area contributed by atoms with Gasteiger partial charge >= 0.3 is 10.4 Å². The number of hydrogen-bond donors (Lipinski definition) is 1. The summed E-state index contributed by atoms with van der Waals surface area (Å²) in [5, 5.41) is 0. The summed E-state index contributed by atoms with van der Waals surface area (Å²) >= 11 is 0. The fraction of sp³-hybridized carbons (Fsp3) is 0.929. The maximum Gasteiger partial charge on any atom is 0.397 e. The summed E-state index contributed by atoms with van der Waals surface area (Å²) in [4.78, 5) is 0. The van der Waals surface area contributed by atoms with Gasteiger partial charge in [-0.3, -0.25) is 4.55 Å². The molecule has 5 heteroatoms. The first-order valence-electron chi connectivity index (χ1n) is 14.3. The molecular weight excluding hydrogens is 432 g/mol. The van der Waals surface area contributed by atoms with E-state index < -0.39 is 10.4 Å². The van der Waals surface area contributed by atoms with E-state index in [0.717, 1.165) is 19.3 Å². The lowest BCUT2D eigenvalue weighted by molar-refractivity contribution is 0.234. The molecule has 1 N–H and O–H groups in total. The molecule has 0 fully saturated rings. The highest BCUT2D eigenvalue weighted by atomic mass is 32.3. The summed E-state index contributed by atoms with van der Waals surface area (Å²) in [5.41, 5.74) is 0. The highest BCUT2D eigenvalue weighted by Crippen LogP contribution is 2.17. The van der Waals surface area contributed by atoms with Crippen molar-refractivity contribution in [3.63, 3.8) is 0 Å². The Labute approximate surface area is 207 Å². The third-order valence-electron chi connectivity index (χ3n) is 6.49. The Bertz CT molecular complexity index is 516. The lowest BCUT2D eigenvalue weighted by atomic mass is 9.99. The molecule has 0 saturated carbocycles. The minimum Gasteiger partial charge on any atom is -0.264 e. The summed E-state index contributed by atoms with van der Waals surface area (Å²) in [5.74, 6) is 0.0599. The second-order valence-electron chi connectivity index (χ2n) is 9.84. The molecular formula is C28H56O4S. The second-order valence-corrected chi connectivity index (χ2v) is 10.9. The normalized spacial score (nSPS) is 13.2. The molecule has 0 aromatic heterocycles. The van der Waals surface area contributed by atoms with E-state index in [-0.39, 0.29) is 12.5 Å². The molecule has 0 aliphatic heterocycles. The largest absolute Gasteiger partial charge is 0.397 e. The molecule has 0 aromatic carbocycles. The average molecular weight is 489 g/mol. The van der Waals surface area contributed by atoms with Crippen LogP contribution in [0.2, 0.25) is 0 Å². The molecule has 0 rings (SSSR count). The monoisotopic (exact) mass is 488 g/mol. The first-order valence-corrected chi connectivity index (χ1v) is 15.6. The van der Waals surface area contributed by atoms with Crippen LogP contribution >= 0.6 is 0 Å². The molecule has 0 amide bonds. The predicted molar refractivity (Wildman–Crippen MR) is 143 cm³/mol. The van der Waals surface area contributed by atoms with Gasteiger partial charge in [0.05, 0.1) is 6.61 Å². The smallest absolute Gasteiger partial charge is 0.264 e. The van der Waals surface area contributed by atoms with E-state index in [1.807, 2.05) is 0 Å². The molecule has 0 aliphatic carbocycles.